The molecule has 1 aliphatic carbocycles. The second-order valence-electron chi connectivity index (χ2n) is 5.56. The summed E-state index contributed by atoms with van der Waals surface area (Å²) >= 11 is 3.31. The summed E-state index contributed by atoms with van der Waals surface area (Å²) in [6, 6.07) is 4.44. The highest BCUT2D eigenvalue weighted by molar-refractivity contribution is 9.10. The van der Waals surface area contributed by atoms with Crippen molar-refractivity contribution in [3.63, 3.8) is 0 Å². The fourth-order valence-corrected chi connectivity index (χ4v) is 2.85. The van der Waals surface area contributed by atoms with E-state index in [1.807, 2.05) is 0 Å². The third kappa shape index (κ3) is 4.46. The smallest absolute Gasteiger partial charge is 0.335 e. The third-order valence-electron chi connectivity index (χ3n) is 3.81. The van der Waals surface area contributed by atoms with Crippen molar-refractivity contribution in [3.05, 3.63) is 28.2 Å². The maximum Gasteiger partial charge on any atom is 0.335 e. The van der Waals surface area contributed by atoms with Crippen molar-refractivity contribution < 1.29 is 14.7 Å². The first-order valence-electron chi connectivity index (χ1n) is 7.06. The molecule has 3 N–H and O–H groups in total. The summed E-state index contributed by atoms with van der Waals surface area (Å²) in [6.45, 7) is 2.23. The Bertz CT molecular complexity index is 540. The maximum atomic E-state index is 12.0. The molecular weight excluding hydrogens is 336 g/mol. The van der Waals surface area contributed by atoms with Gasteiger partial charge in [-0.1, -0.05) is 6.92 Å². The molecule has 0 bridgehead atoms. The minimum Gasteiger partial charge on any atom is -0.478 e. The first-order valence-corrected chi connectivity index (χ1v) is 7.85. The Morgan fingerprint density at radius 1 is 1.24 bits per heavy atom. The predicted octanol–water partition coefficient (Wildman–Crippen LogP) is 3.85. The van der Waals surface area contributed by atoms with E-state index >= 15 is 0 Å². The molecule has 0 radical (unpaired) electrons. The second kappa shape index (κ2) is 6.93. The van der Waals surface area contributed by atoms with Crippen LogP contribution in [0.5, 0.6) is 0 Å². The minimum atomic E-state index is -1.02. The van der Waals surface area contributed by atoms with Gasteiger partial charge in [0, 0.05) is 10.5 Å². The van der Waals surface area contributed by atoms with Crippen LogP contribution in [-0.2, 0) is 0 Å². The third-order valence-corrected chi connectivity index (χ3v) is 4.50. The lowest BCUT2D eigenvalue weighted by atomic mass is 9.87. The van der Waals surface area contributed by atoms with Crippen LogP contribution < -0.4 is 10.6 Å². The molecule has 2 amide bonds. The van der Waals surface area contributed by atoms with E-state index in [-0.39, 0.29) is 17.6 Å². The molecule has 0 aliphatic heterocycles. The van der Waals surface area contributed by atoms with Crippen LogP contribution in [0.25, 0.3) is 0 Å². The molecular formula is C15H19BrN2O3. The van der Waals surface area contributed by atoms with Crippen LogP contribution in [0.15, 0.2) is 22.7 Å². The maximum absolute atomic E-state index is 12.0. The number of carboxylic acid groups (broad SMARTS) is 1. The summed E-state index contributed by atoms with van der Waals surface area (Å²) in [5.74, 6) is -0.292. The van der Waals surface area contributed by atoms with E-state index in [0.29, 0.717) is 10.2 Å². The molecule has 5 nitrogen and oxygen atoms in total. The Kier molecular flexibility index (Phi) is 5.22. The van der Waals surface area contributed by atoms with Crippen molar-refractivity contribution in [1.82, 2.24) is 5.32 Å². The molecule has 0 spiro atoms. The zero-order valence-corrected chi connectivity index (χ0v) is 13.4. The van der Waals surface area contributed by atoms with Crippen LogP contribution in [0, 0.1) is 5.92 Å². The van der Waals surface area contributed by atoms with Gasteiger partial charge < -0.3 is 15.7 Å². The SMILES string of the molecule is CC1CCC(NC(=O)Nc2cc(C(=O)O)ccc2Br)CC1. The zero-order chi connectivity index (χ0) is 15.4. The minimum absolute atomic E-state index is 0.139. The lowest BCUT2D eigenvalue weighted by molar-refractivity contribution is 0.0697. The number of carbonyl (C=O) groups excluding carboxylic acids is 1. The van der Waals surface area contributed by atoms with Crippen molar-refractivity contribution in [2.24, 2.45) is 5.92 Å². The molecule has 0 aromatic heterocycles. The average Bonchev–Trinajstić information content (AvgIpc) is 2.43. The second-order valence-corrected chi connectivity index (χ2v) is 6.41. The topological polar surface area (TPSA) is 78.4 Å². The molecule has 1 saturated carbocycles. The molecule has 1 fully saturated rings. The monoisotopic (exact) mass is 354 g/mol. The Labute approximate surface area is 132 Å². The van der Waals surface area contributed by atoms with Gasteiger partial charge >= 0.3 is 12.0 Å². The summed E-state index contributed by atoms with van der Waals surface area (Å²) < 4.78 is 0.653. The molecule has 0 saturated heterocycles. The molecule has 114 valence electrons. The highest BCUT2D eigenvalue weighted by atomic mass is 79.9. The number of carbonyl (C=O) groups is 2. The number of hydrogen-bond donors (Lipinski definition) is 3. The molecule has 6 heteroatoms. The van der Waals surface area contributed by atoms with E-state index in [4.69, 9.17) is 5.11 Å². The van der Waals surface area contributed by atoms with Gasteiger partial charge in [-0.3, -0.25) is 0 Å². The molecule has 21 heavy (non-hydrogen) atoms. The van der Waals surface area contributed by atoms with Crippen molar-refractivity contribution in [1.29, 1.82) is 0 Å². The number of halogens is 1. The first-order chi connectivity index (χ1) is 9.95. The number of aromatic carboxylic acids is 1. The lowest BCUT2D eigenvalue weighted by Crippen LogP contribution is -2.40. The molecule has 0 unspecified atom stereocenters. The molecule has 0 atom stereocenters. The number of anilines is 1. The van der Waals surface area contributed by atoms with Gasteiger partial charge in [-0.2, -0.15) is 0 Å². The quantitative estimate of drug-likeness (QED) is 0.771. The number of rotatable bonds is 3. The fraction of sp³-hybridized carbons (Fsp3) is 0.467. The normalized spacial score (nSPS) is 21.6. The van der Waals surface area contributed by atoms with Crippen LogP contribution in [0.1, 0.15) is 43.0 Å². The van der Waals surface area contributed by atoms with Gasteiger partial charge in [0.25, 0.3) is 0 Å². The van der Waals surface area contributed by atoms with E-state index in [2.05, 4.69) is 33.5 Å². The number of benzene rings is 1. The summed E-state index contributed by atoms with van der Waals surface area (Å²) in [5.41, 5.74) is 0.594. The Morgan fingerprint density at radius 2 is 1.90 bits per heavy atom. The van der Waals surface area contributed by atoms with E-state index in [0.717, 1.165) is 31.6 Å². The predicted molar refractivity (Wildman–Crippen MR) is 84.7 cm³/mol. The van der Waals surface area contributed by atoms with Crippen molar-refractivity contribution in [3.8, 4) is 0 Å². The Morgan fingerprint density at radius 3 is 2.52 bits per heavy atom. The van der Waals surface area contributed by atoms with Crippen LogP contribution >= 0.6 is 15.9 Å². The van der Waals surface area contributed by atoms with E-state index < -0.39 is 5.97 Å². The van der Waals surface area contributed by atoms with Gasteiger partial charge in [0.1, 0.15) is 0 Å². The largest absolute Gasteiger partial charge is 0.478 e. The van der Waals surface area contributed by atoms with Crippen LogP contribution in [0.2, 0.25) is 0 Å². The number of nitrogens with one attached hydrogen (secondary N) is 2. The number of carboxylic acids is 1. The molecule has 2 rings (SSSR count). The molecule has 1 aromatic rings. The zero-order valence-electron chi connectivity index (χ0n) is 11.9. The van der Waals surface area contributed by atoms with Gasteiger partial charge in [0.15, 0.2) is 0 Å². The van der Waals surface area contributed by atoms with Crippen molar-refractivity contribution in [2.45, 2.75) is 38.6 Å². The van der Waals surface area contributed by atoms with Crippen molar-refractivity contribution >= 4 is 33.6 Å². The summed E-state index contributed by atoms with van der Waals surface area (Å²) in [6.07, 6.45) is 4.24. The number of amides is 2. The summed E-state index contributed by atoms with van der Waals surface area (Å²) in [4.78, 5) is 23.0. The molecule has 0 heterocycles. The Hall–Kier alpha value is -1.56. The molecule has 1 aliphatic rings. The van der Waals surface area contributed by atoms with Gasteiger partial charge in [-0.25, -0.2) is 9.59 Å². The van der Waals surface area contributed by atoms with Crippen LogP contribution in [-0.4, -0.2) is 23.1 Å². The van der Waals surface area contributed by atoms with Crippen LogP contribution in [0.3, 0.4) is 0 Å². The van der Waals surface area contributed by atoms with Gasteiger partial charge in [-0.05, 0) is 65.7 Å². The number of hydrogen-bond acceptors (Lipinski definition) is 2. The summed E-state index contributed by atoms with van der Waals surface area (Å²) in [7, 11) is 0. The number of urea groups is 1. The van der Waals surface area contributed by atoms with E-state index in [1.54, 1.807) is 6.07 Å². The van der Waals surface area contributed by atoms with Gasteiger partial charge in [0.05, 0.1) is 11.3 Å². The van der Waals surface area contributed by atoms with Crippen LogP contribution in [0.4, 0.5) is 10.5 Å². The fourth-order valence-electron chi connectivity index (χ4n) is 2.50. The standard InChI is InChI=1S/C15H19BrN2O3/c1-9-2-5-11(6-3-9)17-15(21)18-13-8-10(14(19)20)4-7-12(13)16/h4,7-9,11H,2-3,5-6H2,1H3,(H,19,20)(H2,17,18,21). The van der Waals surface area contributed by atoms with E-state index in [1.165, 1.54) is 12.1 Å². The van der Waals surface area contributed by atoms with Gasteiger partial charge in [-0.15, -0.1) is 0 Å². The Balaban J connectivity index is 1.96. The highest BCUT2D eigenvalue weighted by Crippen LogP contribution is 2.25. The van der Waals surface area contributed by atoms with Gasteiger partial charge in [0.2, 0.25) is 0 Å². The highest BCUT2D eigenvalue weighted by Gasteiger charge is 2.20. The first kappa shape index (κ1) is 15.8. The van der Waals surface area contributed by atoms with Crippen molar-refractivity contribution in [2.75, 3.05) is 5.32 Å². The molecule has 1 aromatic carbocycles. The summed E-state index contributed by atoms with van der Waals surface area (Å²) in [5, 5.41) is 14.6. The van der Waals surface area contributed by atoms with E-state index in [9.17, 15) is 9.59 Å². The lowest BCUT2D eigenvalue weighted by Gasteiger charge is -2.27. The average molecular weight is 355 g/mol.